The standard InChI is InChI=1S/C19H17ClN2O4S/c1-12-10-16(13(2)26-12)19(23)21-14-6-5-7-15(11-14)27(24,25)22-18-9-4-3-8-17(18)20/h3-11,22H,1-2H3,(H,21,23). The van der Waals surface area contributed by atoms with Crippen molar-refractivity contribution in [2.75, 3.05) is 10.0 Å². The molecule has 1 heterocycles. The van der Waals surface area contributed by atoms with Crippen LogP contribution >= 0.6 is 11.6 Å². The van der Waals surface area contributed by atoms with Gasteiger partial charge in [-0.25, -0.2) is 8.42 Å². The fourth-order valence-corrected chi connectivity index (χ4v) is 3.91. The number of sulfonamides is 1. The second-order valence-electron chi connectivity index (χ2n) is 5.89. The smallest absolute Gasteiger partial charge is 0.262 e. The third-order valence-corrected chi connectivity index (χ3v) is 5.50. The van der Waals surface area contributed by atoms with Crippen molar-refractivity contribution < 1.29 is 17.6 Å². The molecule has 3 aromatic rings. The quantitative estimate of drug-likeness (QED) is 0.650. The second kappa shape index (κ2) is 7.46. The van der Waals surface area contributed by atoms with Crippen LogP contribution in [0.25, 0.3) is 0 Å². The molecule has 1 aromatic heterocycles. The topological polar surface area (TPSA) is 88.4 Å². The number of aryl methyl sites for hydroxylation is 2. The average Bonchev–Trinajstić information content (AvgIpc) is 2.95. The Bertz CT molecular complexity index is 1110. The zero-order valence-electron chi connectivity index (χ0n) is 14.6. The van der Waals surface area contributed by atoms with Crippen molar-refractivity contribution in [3.8, 4) is 0 Å². The van der Waals surface area contributed by atoms with Gasteiger partial charge in [-0.05, 0) is 50.2 Å². The molecular formula is C19H17ClN2O4S. The predicted octanol–water partition coefficient (Wildman–Crippen LogP) is 4.60. The Kier molecular flexibility index (Phi) is 5.25. The summed E-state index contributed by atoms with van der Waals surface area (Å²) in [7, 11) is -3.87. The predicted molar refractivity (Wildman–Crippen MR) is 105 cm³/mol. The molecule has 0 aliphatic rings. The molecule has 0 radical (unpaired) electrons. The lowest BCUT2D eigenvalue weighted by Crippen LogP contribution is -2.15. The summed E-state index contributed by atoms with van der Waals surface area (Å²) < 4.78 is 33.0. The van der Waals surface area contributed by atoms with Crippen LogP contribution in [0.1, 0.15) is 21.9 Å². The van der Waals surface area contributed by atoms with Crippen LogP contribution in [0.2, 0.25) is 5.02 Å². The Morgan fingerprint density at radius 1 is 1.04 bits per heavy atom. The molecule has 140 valence electrons. The van der Waals surface area contributed by atoms with Crippen molar-refractivity contribution in [2.24, 2.45) is 0 Å². The molecule has 27 heavy (non-hydrogen) atoms. The van der Waals surface area contributed by atoms with Gasteiger partial charge in [0.25, 0.3) is 15.9 Å². The summed E-state index contributed by atoms with van der Waals surface area (Å²) >= 11 is 6.01. The molecule has 0 aliphatic heterocycles. The molecule has 0 spiro atoms. The van der Waals surface area contributed by atoms with Gasteiger partial charge in [0.15, 0.2) is 0 Å². The molecule has 0 aliphatic carbocycles. The fourth-order valence-electron chi connectivity index (χ4n) is 2.54. The lowest BCUT2D eigenvalue weighted by atomic mass is 10.2. The summed E-state index contributed by atoms with van der Waals surface area (Å²) in [6.45, 7) is 3.44. The van der Waals surface area contributed by atoms with Crippen LogP contribution in [-0.4, -0.2) is 14.3 Å². The minimum atomic E-state index is -3.87. The van der Waals surface area contributed by atoms with E-state index in [9.17, 15) is 13.2 Å². The number of para-hydroxylation sites is 1. The number of anilines is 2. The number of nitrogens with one attached hydrogen (secondary N) is 2. The zero-order chi connectivity index (χ0) is 19.6. The van der Waals surface area contributed by atoms with Gasteiger partial charge in [0, 0.05) is 5.69 Å². The van der Waals surface area contributed by atoms with Crippen LogP contribution < -0.4 is 10.0 Å². The highest BCUT2D eigenvalue weighted by Gasteiger charge is 2.18. The monoisotopic (exact) mass is 404 g/mol. The van der Waals surface area contributed by atoms with Crippen molar-refractivity contribution >= 4 is 38.9 Å². The second-order valence-corrected chi connectivity index (χ2v) is 7.98. The molecule has 2 aromatic carbocycles. The van der Waals surface area contributed by atoms with E-state index in [0.29, 0.717) is 22.8 Å². The highest BCUT2D eigenvalue weighted by atomic mass is 35.5. The molecule has 0 saturated heterocycles. The van der Waals surface area contributed by atoms with E-state index in [1.165, 1.54) is 12.1 Å². The Morgan fingerprint density at radius 2 is 1.78 bits per heavy atom. The Hall–Kier alpha value is -2.77. The van der Waals surface area contributed by atoms with E-state index in [-0.39, 0.29) is 21.5 Å². The first-order valence-electron chi connectivity index (χ1n) is 8.02. The van der Waals surface area contributed by atoms with E-state index < -0.39 is 10.0 Å². The highest BCUT2D eigenvalue weighted by molar-refractivity contribution is 7.92. The normalized spacial score (nSPS) is 11.2. The summed E-state index contributed by atoms with van der Waals surface area (Å²) in [5.41, 5.74) is 1.02. The van der Waals surface area contributed by atoms with Gasteiger partial charge in [-0.2, -0.15) is 0 Å². The molecule has 0 atom stereocenters. The summed E-state index contributed by atoms with van der Waals surface area (Å²) in [6, 6.07) is 14.1. The van der Waals surface area contributed by atoms with E-state index in [1.807, 2.05) is 0 Å². The van der Waals surface area contributed by atoms with E-state index >= 15 is 0 Å². The molecular weight excluding hydrogens is 388 g/mol. The number of benzene rings is 2. The first-order valence-corrected chi connectivity index (χ1v) is 9.88. The third kappa shape index (κ3) is 4.32. The number of furan rings is 1. The Labute approximate surface area is 162 Å². The maximum Gasteiger partial charge on any atom is 0.262 e. The number of carbonyl (C=O) groups excluding carboxylic acids is 1. The summed E-state index contributed by atoms with van der Waals surface area (Å²) in [6.07, 6.45) is 0. The zero-order valence-corrected chi connectivity index (χ0v) is 16.2. The van der Waals surface area contributed by atoms with Gasteiger partial charge in [0.05, 0.1) is 21.2 Å². The molecule has 0 unspecified atom stereocenters. The summed E-state index contributed by atoms with van der Waals surface area (Å²) in [5, 5.41) is 2.97. The van der Waals surface area contributed by atoms with Crippen molar-refractivity contribution in [1.29, 1.82) is 0 Å². The van der Waals surface area contributed by atoms with Crippen LogP contribution in [0.4, 0.5) is 11.4 Å². The van der Waals surface area contributed by atoms with Crippen LogP contribution in [0.3, 0.4) is 0 Å². The average molecular weight is 405 g/mol. The maximum absolute atomic E-state index is 12.6. The molecule has 3 rings (SSSR count). The van der Waals surface area contributed by atoms with Crippen LogP contribution in [0, 0.1) is 13.8 Å². The van der Waals surface area contributed by atoms with Gasteiger partial charge < -0.3 is 9.73 Å². The number of carbonyl (C=O) groups is 1. The third-order valence-electron chi connectivity index (χ3n) is 3.81. The fraction of sp³-hybridized carbons (Fsp3) is 0.105. The largest absolute Gasteiger partial charge is 0.466 e. The SMILES string of the molecule is Cc1cc(C(=O)Nc2cccc(S(=O)(=O)Nc3ccccc3Cl)c2)c(C)o1. The van der Waals surface area contributed by atoms with Gasteiger partial charge in [0.1, 0.15) is 11.5 Å². The number of rotatable bonds is 5. The molecule has 0 bridgehead atoms. The van der Waals surface area contributed by atoms with E-state index in [1.54, 1.807) is 56.3 Å². The van der Waals surface area contributed by atoms with Crippen LogP contribution in [0.15, 0.2) is 63.9 Å². The van der Waals surface area contributed by atoms with Gasteiger partial charge in [-0.3, -0.25) is 9.52 Å². The summed E-state index contributed by atoms with van der Waals surface area (Å²) in [4.78, 5) is 12.4. The molecule has 1 amide bonds. The van der Waals surface area contributed by atoms with Gasteiger partial charge in [0.2, 0.25) is 0 Å². The van der Waals surface area contributed by atoms with Crippen LogP contribution in [0.5, 0.6) is 0 Å². The summed E-state index contributed by atoms with van der Waals surface area (Å²) in [5.74, 6) is 0.741. The maximum atomic E-state index is 12.6. The molecule has 0 fully saturated rings. The lowest BCUT2D eigenvalue weighted by molar-refractivity contribution is 0.102. The van der Waals surface area contributed by atoms with E-state index in [2.05, 4.69) is 10.0 Å². The van der Waals surface area contributed by atoms with Gasteiger partial charge >= 0.3 is 0 Å². The minimum absolute atomic E-state index is 0.000292. The first kappa shape index (κ1) is 19.0. The van der Waals surface area contributed by atoms with Crippen molar-refractivity contribution in [3.63, 3.8) is 0 Å². The highest BCUT2D eigenvalue weighted by Crippen LogP contribution is 2.25. The molecule has 8 heteroatoms. The number of hydrogen-bond acceptors (Lipinski definition) is 4. The van der Waals surface area contributed by atoms with Crippen molar-refractivity contribution in [3.05, 3.63) is 76.7 Å². The Morgan fingerprint density at radius 3 is 2.44 bits per heavy atom. The van der Waals surface area contributed by atoms with Crippen LogP contribution in [-0.2, 0) is 10.0 Å². The molecule has 0 saturated carbocycles. The number of amides is 1. The first-order chi connectivity index (χ1) is 12.8. The molecule has 2 N–H and O–H groups in total. The van der Waals surface area contributed by atoms with Crippen molar-refractivity contribution in [1.82, 2.24) is 0 Å². The lowest BCUT2D eigenvalue weighted by Gasteiger charge is -2.11. The van der Waals surface area contributed by atoms with Gasteiger partial charge in [-0.1, -0.05) is 29.8 Å². The minimum Gasteiger partial charge on any atom is -0.466 e. The van der Waals surface area contributed by atoms with E-state index in [0.717, 1.165) is 0 Å². The number of hydrogen-bond donors (Lipinski definition) is 2. The Balaban J connectivity index is 1.83. The van der Waals surface area contributed by atoms with Crippen molar-refractivity contribution in [2.45, 2.75) is 18.7 Å². The van der Waals surface area contributed by atoms with Gasteiger partial charge in [-0.15, -0.1) is 0 Å². The number of halogens is 1. The van der Waals surface area contributed by atoms with E-state index in [4.69, 9.17) is 16.0 Å². The molecule has 6 nitrogen and oxygen atoms in total.